The van der Waals surface area contributed by atoms with Crippen LogP contribution in [0.5, 0.6) is 5.75 Å². The Morgan fingerprint density at radius 3 is 2.82 bits per heavy atom. The maximum Gasteiger partial charge on any atom is 0.407 e. The molecule has 0 bridgehead atoms. The lowest BCUT2D eigenvalue weighted by molar-refractivity contribution is 0.113. The number of para-hydroxylation sites is 1. The fourth-order valence-electron chi connectivity index (χ4n) is 3.93. The zero-order chi connectivity index (χ0) is 23.4. The first kappa shape index (κ1) is 23.0. The fourth-order valence-corrected chi connectivity index (χ4v) is 3.93. The molecule has 1 atom stereocenters. The van der Waals surface area contributed by atoms with Gasteiger partial charge in [0.2, 0.25) is 0 Å². The maximum absolute atomic E-state index is 12.2. The summed E-state index contributed by atoms with van der Waals surface area (Å²) in [6.07, 6.45) is 4.72. The SMILES string of the molecule is Cc1nc(-c2ccccc2O)nc(N2CC(NC(=O)OCC3CCOC3)C2)c1/C=C\C(C)C. The Morgan fingerprint density at radius 1 is 1.33 bits per heavy atom. The molecule has 0 aliphatic carbocycles. The monoisotopic (exact) mass is 452 g/mol. The van der Waals surface area contributed by atoms with Crippen molar-refractivity contribution in [1.82, 2.24) is 15.3 Å². The third-order valence-corrected chi connectivity index (χ3v) is 5.89. The molecule has 2 aliphatic heterocycles. The highest BCUT2D eigenvalue weighted by molar-refractivity contribution is 5.73. The van der Waals surface area contributed by atoms with Crippen LogP contribution in [-0.2, 0) is 9.47 Å². The molecule has 2 N–H and O–H groups in total. The number of carbonyl (C=O) groups is 1. The van der Waals surface area contributed by atoms with E-state index in [1.54, 1.807) is 12.1 Å². The molecule has 1 aromatic carbocycles. The van der Waals surface area contributed by atoms with Gasteiger partial charge in [-0.25, -0.2) is 14.8 Å². The minimum absolute atomic E-state index is 0.0110. The maximum atomic E-state index is 12.2. The zero-order valence-corrected chi connectivity index (χ0v) is 19.5. The first-order valence-electron chi connectivity index (χ1n) is 11.5. The number of aryl methyl sites for hydroxylation is 1. The molecule has 4 rings (SSSR count). The van der Waals surface area contributed by atoms with Crippen LogP contribution in [0.3, 0.4) is 0 Å². The fraction of sp³-hybridized carbons (Fsp3) is 0.480. The Hall–Kier alpha value is -3.13. The second-order valence-corrected chi connectivity index (χ2v) is 9.06. The number of alkyl carbamates (subject to hydrolysis) is 1. The van der Waals surface area contributed by atoms with E-state index in [4.69, 9.17) is 14.5 Å². The summed E-state index contributed by atoms with van der Waals surface area (Å²) in [5.74, 6) is 2.11. The number of allylic oxidation sites excluding steroid dienone is 1. The van der Waals surface area contributed by atoms with Gasteiger partial charge in [0.05, 0.1) is 30.5 Å². The molecule has 1 amide bonds. The number of ether oxygens (including phenoxy) is 2. The van der Waals surface area contributed by atoms with Gasteiger partial charge in [0.25, 0.3) is 0 Å². The minimum Gasteiger partial charge on any atom is -0.507 e. The number of nitrogens with zero attached hydrogens (tertiary/aromatic N) is 3. The van der Waals surface area contributed by atoms with Crippen LogP contribution < -0.4 is 10.2 Å². The topological polar surface area (TPSA) is 96.8 Å². The summed E-state index contributed by atoms with van der Waals surface area (Å²) in [5, 5.41) is 13.2. The number of carbonyl (C=O) groups excluding carboxylic acids is 1. The van der Waals surface area contributed by atoms with Crippen LogP contribution in [0.15, 0.2) is 30.3 Å². The van der Waals surface area contributed by atoms with Crippen LogP contribution >= 0.6 is 0 Å². The molecule has 1 aromatic heterocycles. The van der Waals surface area contributed by atoms with Gasteiger partial charge in [0.1, 0.15) is 11.6 Å². The van der Waals surface area contributed by atoms with Gasteiger partial charge in [0, 0.05) is 31.2 Å². The first-order chi connectivity index (χ1) is 15.9. The highest BCUT2D eigenvalue weighted by Crippen LogP contribution is 2.32. The average molecular weight is 453 g/mol. The predicted octanol–water partition coefficient (Wildman–Crippen LogP) is 3.78. The van der Waals surface area contributed by atoms with Crippen molar-refractivity contribution < 1.29 is 19.4 Å². The van der Waals surface area contributed by atoms with Crippen molar-refractivity contribution in [2.75, 3.05) is 37.8 Å². The number of hydrogen-bond donors (Lipinski definition) is 2. The van der Waals surface area contributed by atoms with Gasteiger partial charge in [-0.1, -0.05) is 38.1 Å². The van der Waals surface area contributed by atoms with Gasteiger partial charge in [-0.15, -0.1) is 0 Å². The van der Waals surface area contributed by atoms with Crippen LogP contribution in [0.2, 0.25) is 0 Å². The number of hydrogen-bond acceptors (Lipinski definition) is 7. The second-order valence-electron chi connectivity index (χ2n) is 9.06. The molecule has 2 aromatic rings. The normalized spacial score (nSPS) is 18.7. The number of phenols is 1. The number of rotatable bonds is 7. The summed E-state index contributed by atoms with van der Waals surface area (Å²) in [4.78, 5) is 23.8. The van der Waals surface area contributed by atoms with Crippen molar-refractivity contribution in [3.05, 3.63) is 41.6 Å². The van der Waals surface area contributed by atoms with E-state index in [-0.39, 0.29) is 17.9 Å². The van der Waals surface area contributed by atoms with Crippen molar-refractivity contribution in [1.29, 1.82) is 0 Å². The van der Waals surface area contributed by atoms with E-state index in [1.165, 1.54) is 0 Å². The Balaban J connectivity index is 1.47. The third kappa shape index (κ3) is 5.63. The molecule has 8 nitrogen and oxygen atoms in total. The third-order valence-electron chi connectivity index (χ3n) is 5.89. The molecular weight excluding hydrogens is 420 g/mol. The van der Waals surface area contributed by atoms with E-state index in [2.05, 4.69) is 41.2 Å². The Bertz CT molecular complexity index is 1010. The summed E-state index contributed by atoms with van der Waals surface area (Å²) in [6.45, 7) is 9.23. The molecule has 176 valence electrons. The molecule has 0 radical (unpaired) electrons. The first-order valence-corrected chi connectivity index (χ1v) is 11.5. The number of aromatic hydroxyl groups is 1. The van der Waals surface area contributed by atoms with Gasteiger partial charge < -0.3 is 24.8 Å². The van der Waals surface area contributed by atoms with Gasteiger partial charge in [-0.2, -0.15) is 0 Å². The standard InChI is InChI=1S/C25H32N4O4/c1-16(2)8-9-20-17(3)26-23(21-6-4-5-7-22(21)30)28-24(20)29-12-19(13-29)27-25(31)33-15-18-10-11-32-14-18/h4-9,16,18-19,30H,10-15H2,1-3H3,(H,27,31)/b9-8-. The van der Waals surface area contributed by atoms with E-state index in [9.17, 15) is 9.90 Å². The van der Waals surface area contributed by atoms with Gasteiger partial charge in [-0.3, -0.25) is 0 Å². The smallest absolute Gasteiger partial charge is 0.407 e. The summed E-state index contributed by atoms with van der Waals surface area (Å²) >= 11 is 0. The van der Waals surface area contributed by atoms with Crippen LogP contribution in [0.25, 0.3) is 17.5 Å². The predicted molar refractivity (Wildman–Crippen MR) is 127 cm³/mol. The Kier molecular flexibility index (Phi) is 7.13. The van der Waals surface area contributed by atoms with Crippen molar-refractivity contribution in [2.45, 2.75) is 33.2 Å². The molecule has 1 unspecified atom stereocenters. The summed E-state index contributed by atoms with van der Waals surface area (Å²) in [7, 11) is 0. The Morgan fingerprint density at radius 2 is 2.12 bits per heavy atom. The highest BCUT2D eigenvalue weighted by Gasteiger charge is 2.32. The van der Waals surface area contributed by atoms with Crippen LogP contribution in [0.1, 0.15) is 31.5 Å². The summed E-state index contributed by atoms with van der Waals surface area (Å²) in [5.41, 5.74) is 2.38. The zero-order valence-electron chi connectivity index (χ0n) is 19.5. The van der Waals surface area contributed by atoms with Gasteiger partial charge >= 0.3 is 6.09 Å². The van der Waals surface area contributed by atoms with E-state index >= 15 is 0 Å². The average Bonchev–Trinajstić information content (AvgIpc) is 3.27. The van der Waals surface area contributed by atoms with E-state index < -0.39 is 0 Å². The van der Waals surface area contributed by atoms with Crippen molar-refractivity contribution >= 4 is 18.0 Å². The summed E-state index contributed by atoms with van der Waals surface area (Å²) in [6, 6.07) is 7.06. The Labute approximate surface area is 194 Å². The van der Waals surface area contributed by atoms with Gasteiger partial charge in [-0.05, 0) is 31.4 Å². The number of nitrogens with one attached hydrogen (secondary N) is 1. The van der Waals surface area contributed by atoms with Crippen LogP contribution in [-0.4, -0.2) is 60.1 Å². The van der Waals surface area contributed by atoms with E-state index in [0.29, 0.717) is 49.5 Å². The lowest BCUT2D eigenvalue weighted by Crippen LogP contribution is -2.60. The molecule has 8 heteroatoms. The summed E-state index contributed by atoms with van der Waals surface area (Å²) < 4.78 is 10.7. The molecule has 2 aliphatic rings. The quantitative estimate of drug-likeness (QED) is 0.660. The molecule has 2 fully saturated rings. The van der Waals surface area contributed by atoms with Crippen molar-refractivity contribution in [3.63, 3.8) is 0 Å². The second kappa shape index (κ2) is 10.2. The van der Waals surface area contributed by atoms with Crippen LogP contribution in [0.4, 0.5) is 10.6 Å². The molecule has 0 saturated carbocycles. The lowest BCUT2D eigenvalue weighted by atomic mass is 10.0. The molecular formula is C25H32N4O4. The number of aromatic nitrogens is 2. The molecule has 3 heterocycles. The highest BCUT2D eigenvalue weighted by atomic mass is 16.6. The number of amides is 1. The lowest BCUT2D eigenvalue weighted by Gasteiger charge is -2.41. The van der Waals surface area contributed by atoms with Crippen molar-refractivity contribution in [3.8, 4) is 17.1 Å². The minimum atomic E-state index is -0.389. The molecule has 0 spiro atoms. The van der Waals surface area contributed by atoms with Crippen LogP contribution in [0, 0.1) is 18.8 Å². The number of benzene rings is 1. The van der Waals surface area contributed by atoms with Crippen molar-refractivity contribution in [2.24, 2.45) is 11.8 Å². The largest absolute Gasteiger partial charge is 0.507 e. The molecule has 2 saturated heterocycles. The molecule has 33 heavy (non-hydrogen) atoms. The number of phenolic OH excluding ortho intramolecular Hbond substituents is 1. The van der Waals surface area contributed by atoms with Gasteiger partial charge in [0.15, 0.2) is 5.82 Å². The van der Waals surface area contributed by atoms with E-state index in [1.807, 2.05) is 19.1 Å². The number of anilines is 1. The van der Waals surface area contributed by atoms with E-state index in [0.717, 1.165) is 30.1 Å².